The van der Waals surface area contributed by atoms with E-state index in [1.807, 2.05) is 0 Å². The summed E-state index contributed by atoms with van der Waals surface area (Å²) in [4.78, 5) is 11.4. The lowest BCUT2D eigenvalue weighted by atomic mass is 10.0. The molecule has 2 N–H and O–H groups in total. The summed E-state index contributed by atoms with van der Waals surface area (Å²) in [6.45, 7) is -0.142. The van der Waals surface area contributed by atoms with Crippen molar-refractivity contribution in [2.45, 2.75) is 50.5 Å². The Morgan fingerprint density at radius 3 is 2.50 bits per heavy atom. The van der Waals surface area contributed by atoms with Crippen LogP contribution in [0.4, 0.5) is 13.2 Å². The fourth-order valence-electron chi connectivity index (χ4n) is 1.90. The van der Waals surface area contributed by atoms with Gasteiger partial charge in [-0.25, -0.2) is 0 Å². The van der Waals surface area contributed by atoms with Gasteiger partial charge in [0.25, 0.3) is 0 Å². The van der Waals surface area contributed by atoms with Crippen LogP contribution in [0, 0.1) is 0 Å². The van der Waals surface area contributed by atoms with Gasteiger partial charge >= 0.3 is 6.18 Å². The van der Waals surface area contributed by atoms with E-state index in [0.717, 1.165) is 12.8 Å². The molecule has 0 aromatic carbocycles. The molecule has 0 heterocycles. The molecule has 0 bridgehead atoms. The fraction of sp³-hybridized carbons (Fsp3) is 0.909. The van der Waals surface area contributed by atoms with Gasteiger partial charge in [-0.15, -0.1) is 0 Å². The molecule has 4 nitrogen and oxygen atoms in total. The molecule has 1 unspecified atom stereocenters. The predicted octanol–water partition coefficient (Wildman–Crippen LogP) is 1.38. The molecular weight excluding hydrogens is 251 g/mol. The number of hydrogen-bond donors (Lipinski definition) is 2. The summed E-state index contributed by atoms with van der Waals surface area (Å²) in [5, 5.41) is 12.4. The van der Waals surface area contributed by atoms with Crippen LogP contribution in [-0.4, -0.2) is 42.0 Å². The third kappa shape index (κ3) is 5.22. The molecule has 1 saturated carbocycles. The zero-order valence-electron chi connectivity index (χ0n) is 10.2. The Morgan fingerprint density at radius 1 is 1.44 bits per heavy atom. The second kappa shape index (κ2) is 5.88. The van der Waals surface area contributed by atoms with Gasteiger partial charge in [-0.05, 0) is 19.8 Å². The van der Waals surface area contributed by atoms with Gasteiger partial charge in [0, 0.05) is 6.54 Å². The lowest BCUT2D eigenvalue weighted by molar-refractivity contribution is -0.185. The van der Waals surface area contributed by atoms with Crippen LogP contribution in [0.5, 0.6) is 0 Å². The summed E-state index contributed by atoms with van der Waals surface area (Å²) in [6, 6.07) is 0. The minimum Gasteiger partial charge on any atom is -0.388 e. The number of halogens is 3. The predicted molar refractivity (Wildman–Crippen MR) is 57.9 cm³/mol. The van der Waals surface area contributed by atoms with Crippen molar-refractivity contribution in [1.29, 1.82) is 0 Å². The Morgan fingerprint density at radius 2 is 2.00 bits per heavy atom. The summed E-state index contributed by atoms with van der Waals surface area (Å²) in [5.41, 5.74) is -0.917. The number of rotatable bonds is 5. The SMILES string of the molecule is CC(OCC(F)(F)F)C(=O)NCC1(O)CCCC1. The van der Waals surface area contributed by atoms with Crippen LogP contribution < -0.4 is 5.32 Å². The zero-order valence-corrected chi connectivity index (χ0v) is 10.2. The van der Waals surface area contributed by atoms with Crippen molar-refractivity contribution in [1.82, 2.24) is 5.32 Å². The highest BCUT2D eigenvalue weighted by Crippen LogP contribution is 2.28. The van der Waals surface area contributed by atoms with E-state index in [4.69, 9.17) is 0 Å². The van der Waals surface area contributed by atoms with Gasteiger partial charge in [-0.1, -0.05) is 12.8 Å². The van der Waals surface area contributed by atoms with Crippen LogP contribution in [0.15, 0.2) is 0 Å². The fourth-order valence-corrected chi connectivity index (χ4v) is 1.90. The molecule has 1 aliphatic rings. The number of amides is 1. The van der Waals surface area contributed by atoms with Gasteiger partial charge in [0.2, 0.25) is 5.91 Å². The lowest BCUT2D eigenvalue weighted by Gasteiger charge is -2.23. The Bertz CT molecular complexity index is 288. The average Bonchev–Trinajstić information content (AvgIpc) is 2.69. The lowest BCUT2D eigenvalue weighted by Crippen LogP contribution is -2.45. The standard InChI is InChI=1S/C11H18F3NO3/c1-8(18-7-11(12,13)14)9(16)15-6-10(17)4-2-3-5-10/h8,17H,2-7H2,1H3,(H,15,16). The zero-order chi connectivity index (χ0) is 13.8. The number of ether oxygens (including phenoxy) is 1. The maximum atomic E-state index is 11.9. The molecule has 0 aliphatic heterocycles. The molecule has 0 radical (unpaired) electrons. The summed E-state index contributed by atoms with van der Waals surface area (Å²) >= 11 is 0. The second-order valence-electron chi connectivity index (χ2n) is 4.72. The highest BCUT2D eigenvalue weighted by atomic mass is 19.4. The molecule has 0 aromatic rings. The van der Waals surface area contributed by atoms with Crippen molar-refractivity contribution in [2.75, 3.05) is 13.2 Å². The summed E-state index contributed by atoms with van der Waals surface area (Å²) in [7, 11) is 0. The van der Waals surface area contributed by atoms with Gasteiger partial charge < -0.3 is 15.2 Å². The van der Waals surface area contributed by atoms with Gasteiger partial charge in [0.15, 0.2) is 0 Å². The van der Waals surface area contributed by atoms with E-state index < -0.39 is 30.4 Å². The number of nitrogens with one attached hydrogen (secondary N) is 1. The highest BCUT2D eigenvalue weighted by Gasteiger charge is 2.33. The maximum absolute atomic E-state index is 11.9. The quantitative estimate of drug-likeness (QED) is 0.792. The van der Waals surface area contributed by atoms with Gasteiger partial charge in [-0.2, -0.15) is 13.2 Å². The van der Waals surface area contributed by atoms with E-state index in [0.29, 0.717) is 12.8 Å². The van der Waals surface area contributed by atoms with Crippen molar-refractivity contribution in [3.05, 3.63) is 0 Å². The summed E-state index contributed by atoms with van der Waals surface area (Å²) < 4.78 is 40.0. The molecule has 0 spiro atoms. The third-order valence-electron chi connectivity index (χ3n) is 2.99. The van der Waals surface area contributed by atoms with Crippen molar-refractivity contribution in [3.63, 3.8) is 0 Å². The van der Waals surface area contributed by atoms with Crippen LogP contribution in [0.1, 0.15) is 32.6 Å². The topological polar surface area (TPSA) is 58.6 Å². The molecule has 1 rings (SSSR count). The Hall–Kier alpha value is -0.820. The molecule has 1 amide bonds. The number of carbonyl (C=O) groups is 1. The van der Waals surface area contributed by atoms with Gasteiger partial charge in [0.1, 0.15) is 12.7 Å². The molecule has 18 heavy (non-hydrogen) atoms. The van der Waals surface area contributed by atoms with Crippen molar-refractivity contribution < 1.29 is 27.8 Å². The van der Waals surface area contributed by atoms with Crippen LogP contribution in [0.25, 0.3) is 0 Å². The van der Waals surface area contributed by atoms with Crippen LogP contribution in [0.2, 0.25) is 0 Å². The summed E-state index contributed by atoms with van der Waals surface area (Å²) in [5.74, 6) is -0.639. The largest absolute Gasteiger partial charge is 0.411 e. The Balaban J connectivity index is 2.27. The number of hydrogen-bond acceptors (Lipinski definition) is 3. The molecule has 1 atom stereocenters. The van der Waals surface area contributed by atoms with Crippen molar-refractivity contribution in [3.8, 4) is 0 Å². The monoisotopic (exact) mass is 269 g/mol. The second-order valence-corrected chi connectivity index (χ2v) is 4.72. The molecule has 1 fully saturated rings. The van der Waals surface area contributed by atoms with Crippen molar-refractivity contribution >= 4 is 5.91 Å². The molecule has 0 aromatic heterocycles. The maximum Gasteiger partial charge on any atom is 0.411 e. The van der Waals surface area contributed by atoms with E-state index in [1.165, 1.54) is 6.92 Å². The average molecular weight is 269 g/mol. The van der Waals surface area contributed by atoms with Crippen LogP contribution in [0.3, 0.4) is 0 Å². The first-order valence-electron chi connectivity index (χ1n) is 5.90. The Labute approximate surface area is 103 Å². The van der Waals surface area contributed by atoms with Gasteiger partial charge in [-0.3, -0.25) is 4.79 Å². The van der Waals surface area contributed by atoms with E-state index >= 15 is 0 Å². The molecular formula is C11H18F3NO3. The van der Waals surface area contributed by atoms with E-state index in [1.54, 1.807) is 0 Å². The van der Waals surface area contributed by atoms with E-state index in [2.05, 4.69) is 10.1 Å². The first kappa shape index (κ1) is 15.2. The molecule has 106 valence electrons. The first-order chi connectivity index (χ1) is 8.22. The van der Waals surface area contributed by atoms with Crippen molar-refractivity contribution in [2.24, 2.45) is 0 Å². The number of alkyl halides is 3. The van der Waals surface area contributed by atoms with Crippen LogP contribution in [-0.2, 0) is 9.53 Å². The first-order valence-corrected chi connectivity index (χ1v) is 5.90. The third-order valence-corrected chi connectivity index (χ3v) is 2.99. The smallest absolute Gasteiger partial charge is 0.388 e. The molecule has 1 aliphatic carbocycles. The number of aliphatic hydroxyl groups is 1. The highest BCUT2D eigenvalue weighted by molar-refractivity contribution is 5.80. The van der Waals surface area contributed by atoms with Gasteiger partial charge in [0.05, 0.1) is 5.60 Å². The molecule has 7 heteroatoms. The summed E-state index contributed by atoms with van der Waals surface area (Å²) in [6.07, 6.45) is -2.63. The number of carbonyl (C=O) groups excluding carboxylic acids is 1. The minimum absolute atomic E-state index is 0.0611. The Kier molecular flexibility index (Phi) is 4.98. The normalized spacial score (nSPS) is 20.7. The van der Waals surface area contributed by atoms with E-state index in [9.17, 15) is 23.1 Å². The van der Waals surface area contributed by atoms with Crippen LogP contribution >= 0.6 is 0 Å². The van der Waals surface area contributed by atoms with E-state index in [-0.39, 0.29) is 6.54 Å². The minimum atomic E-state index is -4.45. The molecule has 0 saturated heterocycles.